The molecule has 4 bridgehead atoms. The monoisotopic (exact) mass is 299 g/mol. The van der Waals surface area contributed by atoms with Crippen LogP contribution in [0.15, 0.2) is 24.3 Å². The van der Waals surface area contributed by atoms with Gasteiger partial charge in [-0.1, -0.05) is 0 Å². The van der Waals surface area contributed by atoms with Gasteiger partial charge in [0.2, 0.25) is 5.91 Å². The van der Waals surface area contributed by atoms with Crippen LogP contribution in [-0.2, 0) is 4.79 Å². The molecule has 4 saturated carbocycles. The summed E-state index contributed by atoms with van der Waals surface area (Å²) in [5, 5.41) is 0. The highest BCUT2D eigenvalue weighted by Gasteiger charge is 2.52. The average Bonchev–Trinajstić information content (AvgIpc) is 2.45. The van der Waals surface area contributed by atoms with Crippen LogP contribution in [0.25, 0.3) is 0 Å². The lowest BCUT2D eigenvalue weighted by Gasteiger charge is -2.56. The van der Waals surface area contributed by atoms with Crippen molar-refractivity contribution in [1.82, 2.24) is 0 Å². The molecular weight excluding hydrogens is 274 g/mol. The molecule has 118 valence electrons. The molecule has 0 unspecified atom stereocenters. The van der Waals surface area contributed by atoms with Crippen LogP contribution in [0, 0.1) is 17.8 Å². The van der Waals surface area contributed by atoms with Crippen molar-refractivity contribution in [3.63, 3.8) is 0 Å². The normalized spacial score (nSPS) is 35.5. The molecule has 3 nitrogen and oxygen atoms in total. The van der Waals surface area contributed by atoms with Crippen molar-refractivity contribution in [2.45, 2.75) is 51.0 Å². The summed E-state index contributed by atoms with van der Waals surface area (Å²) in [6.07, 6.45) is 8.04. The Morgan fingerprint density at radius 1 is 1.05 bits per heavy atom. The molecule has 1 aromatic carbocycles. The Bertz CT molecular complexity index is 542. The lowest BCUT2D eigenvalue weighted by molar-refractivity contribution is -0.116. The number of carbonyl (C=O) groups is 1. The van der Waals surface area contributed by atoms with Crippen molar-refractivity contribution in [2.24, 2.45) is 17.8 Å². The van der Waals surface area contributed by atoms with Gasteiger partial charge in [0.25, 0.3) is 0 Å². The highest BCUT2D eigenvalue weighted by Crippen LogP contribution is 2.57. The molecule has 0 radical (unpaired) electrons. The maximum atomic E-state index is 11.4. The van der Waals surface area contributed by atoms with E-state index < -0.39 is 0 Å². The Balaban J connectivity index is 1.50. The van der Waals surface area contributed by atoms with Gasteiger partial charge in [-0.2, -0.15) is 0 Å². The second-order valence-corrected chi connectivity index (χ2v) is 7.77. The molecule has 0 aromatic heterocycles. The molecule has 0 saturated heterocycles. The van der Waals surface area contributed by atoms with E-state index in [9.17, 15) is 4.79 Å². The third-order valence-electron chi connectivity index (χ3n) is 6.01. The minimum absolute atomic E-state index is 0.0507. The van der Waals surface area contributed by atoms with E-state index in [2.05, 4.69) is 0 Å². The van der Waals surface area contributed by atoms with Gasteiger partial charge >= 0.3 is 0 Å². The zero-order valence-electron chi connectivity index (χ0n) is 13.5. The van der Waals surface area contributed by atoms with Crippen LogP contribution in [0.2, 0.25) is 0 Å². The first-order valence-electron chi connectivity index (χ1n) is 8.56. The number of nitrogens with zero attached hydrogens (tertiary/aromatic N) is 1. The van der Waals surface area contributed by atoms with Gasteiger partial charge in [0.1, 0.15) is 11.4 Å². The second kappa shape index (κ2) is 5.00. The Labute approximate surface area is 132 Å². The number of ether oxygens (including phenoxy) is 1. The summed E-state index contributed by atoms with van der Waals surface area (Å²) in [6.45, 7) is 1.58. The summed E-state index contributed by atoms with van der Waals surface area (Å²) in [5.74, 6) is 3.70. The predicted octanol–water partition coefficient (Wildman–Crippen LogP) is 4.02. The molecule has 0 heterocycles. The number of hydrogen-bond donors (Lipinski definition) is 0. The smallest absolute Gasteiger partial charge is 0.223 e. The van der Waals surface area contributed by atoms with Crippen LogP contribution >= 0.6 is 0 Å². The van der Waals surface area contributed by atoms with Crippen molar-refractivity contribution >= 4 is 11.6 Å². The standard InChI is InChI=1S/C19H25NO2/c1-13(21)20(2)17-3-5-18(6-4-17)22-19-10-14-7-15(11-19)9-16(8-14)12-19/h3-6,14-16H,7-12H2,1-2H3. The van der Waals surface area contributed by atoms with Crippen LogP contribution in [0.3, 0.4) is 0 Å². The second-order valence-electron chi connectivity index (χ2n) is 7.77. The zero-order valence-corrected chi connectivity index (χ0v) is 13.5. The van der Waals surface area contributed by atoms with E-state index in [0.29, 0.717) is 0 Å². The van der Waals surface area contributed by atoms with Crippen LogP contribution in [0.1, 0.15) is 45.4 Å². The summed E-state index contributed by atoms with van der Waals surface area (Å²) < 4.78 is 6.51. The molecule has 1 aromatic rings. The first-order chi connectivity index (χ1) is 10.5. The van der Waals surface area contributed by atoms with Gasteiger partial charge in [0.05, 0.1) is 0 Å². The van der Waals surface area contributed by atoms with E-state index in [1.165, 1.54) is 38.5 Å². The largest absolute Gasteiger partial charge is 0.487 e. The Morgan fingerprint density at radius 3 is 2.00 bits per heavy atom. The Hall–Kier alpha value is -1.51. The summed E-state index contributed by atoms with van der Waals surface area (Å²) in [5.41, 5.74) is 1.02. The van der Waals surface area contributed by atoms with Crippen LogP contribution in [0.5, 0.6) is 5.75 Å². The minimum Gasteiger partial charge on any atom is -0.487 e. The number of hydrogen-bond acceptors (Lipinski definition) is 2. The first kappa shape index (κ1) is 14.1. The van der Waals surface area contributed by atoms with Gasteiger partial charge in [-0.05, 0) is 80.5 Å². The van der Waals surface area contributed by atoms with E-state index in [1.807, 2.05) is 24.3 Å². The third kappa shape index (κ3) is 2.41. The Morgan fingerprint density at radius 2 is 1.55 bits per heavy atom. The van der Waals surface area contributed by atoms with Gasteiger partial charge in [0, 0.05) is 19.7 Å². The van der Waals surface area contributed by atoms with Gasteiger partial charge in [0.15, 0.2) is 0 Å². The number of amides is 1. The fraction of sp³-hybridized carbons (Fsp3) is 0.632. The molecule has 3 heteroatoms. The molecule has 0 N–H and O–H groups in total. The highest BCUT2D eigenvalue weighted by molar-refractivity contribution is 5.90. The van der Waals surface area contributed by atoms with E-state index in [4.69, 9.17) is 4.74 Å². The fourth-order valence-electron chi connectivity index (χ4n) is 5.33. The lowest BCUT2D eigenvalue weighted by Crippen LogP contribution is -2.53. The molecular formula is C19H25NO2. The van der Waals surface area contributed by atoms with Crippen LogP contribution < -0.4 is 9.64 Å². The van der Waals surface area contributed by atoms with Crippen molar-refractivity contribution in [2.75, 3.05) is 11.9 Å². The minimum atomic E-state index is 0.0507. The molecule has 4 aliphatic rings. The van der Waals surface area contributed by atoms with Crippen molar-refractivity contribution in [3.05, 3.63) is 24.3 Å². The van der Waals surface area contributed by atoms with E-state index in [1.54, 1.807) is 18.9 Å². The first-order valence-corrected chi connectivity index (χ1v) is 8.56. The number of rotatable bonds is 3. The maximum absolute atomic E-state index is 11.4. The SMILES string of the molecule is CC(=O)N(C)c1ccc(OC23CC4CC(CC(C4)C2)C3)cc1. The predicted molar refractivity (Wildman–Crippen MR) is 87.1 cm³/mol. The van der Waals surface area contributed by atoms with E-state index in [-0.39, 0.29) is 11.5 Å². The maximum Gasteiger partial charge on any atom is 0.223 e. The van der Waals surface area contributed by atoms with Gasteiger partial charge in [-0.15, -0.1) is 0 Å². The molecule has 0 spiro atoms. The van der Waals surface area contributed by atoms with E-state index in [0.717, 1.165) is 29.2 Å². The van der Waals surface area contributed by atoms with Crippen LogP contribution in [-0.4, -0.2) is 18.6 Å². The summed E-state index contributed by atoms with van der Waals surface area (Å²) in [7, 11) is 1.80. The quantitative estimate of drug-likeness (QED) is 0.843. The lowest BCUT2D eigenvalue weighted by atomic mass is 9.54. The molecule has 5 rings (SSSR count). The van der Waals surface area contributed by atoms with Crippen molar-refractivity contribution in [1.29, 1.82) is 0 Å². The molecule has 0 aliphatic heterocycles. The number of carbonyl (C=O) groups excluding carboxylic acids is 1. The molecule has 4 fully saturated rings. The van der Waals surface area contributed by atoms with Crippen molar-refractivity contribution in [3.8, 4) is 5.75 Å². The number of benzene rings is 1. The molecule has 1 amide bonds. The third-order valence-corrected chi connectivity index (χ3v) is 6.01. The molecule has 0 atom stereocenters. The van der Waals surface area contributed by atoms with Gasteiger partial charge in [-0.3, -0.25) is 4.79 Å². The summed E-state index contributed by atoms with van der Waals surface area (Å²) in [6, 6.07) is 8.01. The fourth-order valence-corrected chi connectivity index (χ4v) is 5.33. The topological polar surface area (TPSA) is 29.5 Å². The van der Waals surface area contributed by atoms with Gasteiger partial charge < -0.3 is 9.64 Å². The Kier molecular flexibility index (Phi) is 3.21. The van der Waals surface area contributed by atoms with Gasteiger partial charge in [-0.25, -0.2) is 0 Å². The van der Waals surface area contributed by atoms with Crippen molar-refractivity contribution < 1.29 is 9.53 Å². The summed E-state index contributed by atoms with van der Waals surface area (Å²) >= 11 is 0. The van der Waals surface area contributed by atoms with Crippen LogP contribution in [0.4, 0.5) is 5.69 Å². The highest BCUT2D eigenvalue weighted by atomic mass is 16.5. The molecule has 22 heavy (non-hydrogen) atoms. The average molecular weight is 299 g/mol. The van der Waals surface area contributed by atoms with E-state index >= 15 is 0 Å². The zero-order chi connectivity index (χ0) is 15.3. The number of anilines is 1. The summed E-state index contributed by atoms with van der Waals surface area (Å²) in [4.78, 5) is 13.1. The molecule has 4 aliphatic carbocycles.